The fraction of sp³-hybridized carbons (Fsp3) is 0.400. The van der Waals surface area contributed by atoms with Gasteiger partial charge in [-0.3, -0.25) is 4.79 Å². The summed E-state index contributed by atoms with van der Waals surface area (Å²) in [5.74, 6) is -0.548. The molecule has 0 bridgehead atoms. The van der Waals surface area contributed by atoms with Crippen LogP contribution in [0.25, 0.3) is 11.1 Å². The summed E-state index contributed by atoms with van der Waals surface area (Å²) in [6, 6.07) is 6.07. The van der Waals surface area contributed by atoms with Gasteiger partial charge in [-0.25, -0.2) is 4.79 Å². The van der Waals surface area contributed by atoms with Gasteiger partial charge in [0.1, 0.15) is 10.6 Å². The van der Waals surface area contributed by atoms with Crippen LogP contribution in [0.4, 0.5) is 5.00 Å². The third-order valence-electron chi connectivity index (χ3n) is 4.00. The molecule has 1 aromatic heterocycles. The predicted octanol–water partition coefficient (Wildman–Crippen LogP) is 5.19. The van der Waals surface area contributed by atoms with E-state index in [1.807, 2.05) is 52.1 Å². The highest BCUT2D eigenvalue weighted by Gasteiger charge is 2.27. The third kappa shape index (κ3) is 4.28. The van der Waals surface area contributed by atoms with Gasteiger partial charge in [-0.05, 0) is 37.5 Å². The van der Waals surface area contributed by atoms with Crippen LogP contribution in [0.2, 0.25) is 0 Å². The molecular weight excluding hydrogens is 334 g/mol. The van der Waals surface area contributed by atoms with Crippen LogP contribution in [0.15, 0.2) is 23.6 Å². The zero-order valence-electron chi connectivity index (χ0n) is 15.6. The van der Waals surface area contributed by atoms with Gasteiger partial charge in [0.15, 0.2) is 0 Å². The molecule has 4 nitrogen and oxygen atoms in total. The second-order valence-electron chi connectivity index (χ2n) is 7.08. The van der Waals surface area contributed by atoms with Crippen molar-refractivity contribution in [2.75, 3.05) is 11.9 Å². The van der Waals surface area contributed by atoms with E-state index >= 15 is 0 Å². The number of aryl methyl sites for hydroxylation is 2. The number of carbonyl (C=O) groups is 2. The van der Waals surface area contributed by atoms with Crippen LogP contribution in [-0.2, 0) is 9.53 Å². The highest BCUT2D eigenvalue weighted by molar-refractivity contribution is 7.15. The molecule has 2 aromatic rings. The summed E-state index contributed by atoms with van der Waals surface area (Å²) in [7, 11) is 0. The van der Waals surface area contributed by atoms with E-state index < -0.39 is 11.4 Å². The van der Waals surface area contributed by atoms with E-state index in [9.17, 15) is 9.59 Å². The Labute approximate surface area is 153 Å². The molecule has 0 saturated heterocycles. The second kappa shape index (κ2) is 7.40. The Kier molecular flexibility index (Phi) is 5.68. The SMILES string of the molecule is CCOC(=O)c1c(-c2ccc(C)c(C)c2)csc1NC(=O)C(C)(C)C. The molecule has 5 heteroatoms. The molecule has 0 aliphatic carbocycles. The molecule has 1 aromatic carbocycles. The van der Waals surface area contributed by atoms with E-state index in [2.05, 4.69) is 11.4 Å². The van der Waals surface area contributed by atoms with Gasteiger partial charge < -0.3 is 10.1 Å². The number of benzene rings is 1. The molecule has 0 aliphatic rings. The van der Waals surface area contributed by atoms with Crippen molar-refractivity contribution in [2.24, 2.45) is 5.41 Å². The Morgan fingerprint density at radius 1 is 1.16 bits per heavy atom. The van der Waals surface area contributed by atoms with Gasteiger partial charge in [-0.15, -0.1) is 11.3 Å². The first-order valence-electron chi connectivity index (χ1n) is 8.32. The first-order chi connectivity index (χ1) is 11.6. The van der Waals surface area contributed by atoms with Gasteiger partial charge in [0, 0.05) is 16.4 Å². The van der Waals surface area contributed by atoms with Crippen LogP contribution < -0.4 is 5.32 Å². The summed E-state index contributed by atoms with van der Waals surface area (Å²) in [6.45, 7) is 11.7. The minimum absolute atomic E-state index is 0.133. The van der Waals surface area contributed by atoms with E-state index in [-0.39, 0.29) is 12.5 Å². The van der Waals surface area contributed by atoms with Gasteiger partial charge in [-0.2, -0.15) is 0 Å². The summed E-state index contributed by atoms with van der Waals surface area (Å²) in [4.78, 5) is 24.9. The van der Waals surface area contributed by atoms with E-state index in [1.54, 1.807) is 6.92 Å². The van der Waals surface area contributed by atoms with E-state index in [4.69, 9.17) is 4.74 Å². The first kappa shape index (κ1) is 19.2. The minimum Gasteiger partial charge on any atom is -0.462 e. The van der Waals surface area contributed by atoms with Crippen molar-refractivity contribution >= 4 is 28.2 Å². The van der Waals surface area contributed by atoms with Gasteiger partial charge >= 0.3 is 5.97 Å². The fourth-order valence-corrected chi connectivity index (χ4v) is 3.22. The Morgan fingerprint density at radius 3 is 2.40 bits per heavy atom. The molecule has 1 amide bonds. The molecule has 0 saturated carbocycles. The van der Waals surface area contributed by atoms with Crippen LogP contribution in [0.3, 0.4) is 0 Å². The predicted molar refractivity (Wildman–Crippen MR) is 103 cm³/mol. The Morgan fingerprint density at radius 2 is 1.84 bits per heavy atom. The van der Waals surface area contributed by atoms with Crippen LogP contribution >= 0.6 is 11.3 Å². The number of thiophene rings is 1. The minimum atomic E-state index is -0.545. The lowest BCUT2D eigenvalue weighted by atomic mass is 9.95. The largest absolute Gasteiger partial charge is 0.462 e. The molecule has 0 fully saturated rings. The van der Waals surface area contributed by atoms with Crippen molar-refractivity contribution in [3.8, 4) is 11.1 Å². The van der Waals surface area contributed by atoms with E-state index in [0.717, 1.165) is 16.7 Å². The number of rotatable bonds is 4. The van der Waals surface area contributed by atoms with Gasteiger partial charge in [0.05, 0.1) is 6.61 Å². The topological polar surface area (TPSA) is 55.4 Å². The van der Waals surface area contributed by atoms with Gasteiger partial charge in [0.25, 0.3) is 0 Å². The lowest BCUT2D eigenvalue weighted by molar-refractivity contribution is -0.123. The fourth-order valence-electron chi connectivity index (χ4n) is 2.27. The van der Waals surface area contributed by atoms with Crippen molar-refractivity contribution in [2.45, 2.75) is 41.5 Å². The Balaban J connectivity index is 2.52. The van der Waals surface area contributed by atoms with Crippen LogP contribution in [0.5, 0.6) is 0 Å². The maximum Gasteiger partial charge on any atom is 0.341 e. The highest BCUT2D eigenvalue weighted by atomic mass is 32.1. The normalized spacial score (nSPS) is 11.3. The zero-order valence-corrected chi connectivity index (χ0v) is 16.5. The molecule has 134 valence electrons. The van der Waals surface area contributed by atoms with Crippen molar-refractivity contribution in [1.29, 1.82) is 0 Å². The average Bonchev–Trinajstić information content (AvgIpc) is 2.93. The average molecular weight is 359 g/mol. The molecule has 1 N–H and O–H groups in total. The monoisotopic (exact) mass is 359 g/mol. The number of amides is 1. The number of hydrogen-bond acceptors (Lipinski definition) is 4. The van der Waals surface area contributed by atoms with Crippen molar-refractivity contribution in [3.63, 3.8) is 0 Å². The molecule has 0 radical (unpaired) electrons. The maximum atomic E-state index is 12.5. The van der Waals surface area contributed by atoms with Crippen LogP contribution in [-0.4, -0.2) is 18.5 Å². The number of hydrogen-bond donors (Lipinski definition) is 1. The Bertz CT molecular complexity index is 800. The number of carbonyl (C=O) groups excluding carboxylic acids is 2. The molecule has 0 spiro atoms. The summed E-state index contributed by atoms with van der Waals surface area (Å²) in [5.41, 5.74) is 3.95. The van der Waals surface area contributed by atoms with E-state index in [0.29, 0.717) is 10.6 Å². The van der Waals surface area contributed by atoms with E-state index in [1.165, 1.54) is 16.9 Å². The smallest absolute Gasteiger partial charge is 0.341 e. The Hall–Kier alpha value is -2.14. The third-order valence-corrected chi connectivity index (χ3v) is 4.89. The summed E-state index contributed by atoms with van der Waals surface area (Å²) < 4.78 is 5.23. The van der Waals surface area contributed by atoms with Gasteiger partial charge in [0.2, 0.25) is 5.91 Å². The summed E-state index contributed by atoms with van der Waals surface area (Å²) in [5, 5.41) is 5.32. The molecule has 25 heavy (non-hydrogen) atoms. The van der Waals surface area contributed by atoms with Crippen molar-refractivity contribution in [1.82, 2.24) is 0 Å². The maximum absolute atomic E-state index is 12.5. The number of ether oxygens (including phenoxy) is 1. The quantitative estimate of drug-likeness (QED) is 0.764. The van der Waals surface area contributed by atoms with Crippen LogP contribution in [0, 0.1) is 19.3 Å². The summed E-state index contributed by atoms with van der Waals surface area (Å²) in [6.07, 6.45) is 0. The van der Waals surface area contributed by atoms with Crippen LogP contribution in [0.1, 0.15) is 49.2 Å². The first-order valence-corrected chi connectivity index (χ1v) is 9.20. The van der Waals surface area contributed by atoms with Crippen molar-refractivity contribution < 1.29 is 14.3 Å². The van der Waals surface area contributed by atoms with Crippen molar-refractivity contribution in [3.05, 3.63) is 40.3 Å². The highest BCUT2D eigenvalue weighted by Crippen LogP contribution is 2.37. The molecule has 0 unspecified atom stereocenters. The molecule has 2 rings (SSSR count). The number of anilines is 1. The lowest BCUT2D eigenvalue weighted by Crippen LogP contribution is -2.28. The number of nitrogens with one attached hydrogen (secondary N) is 1. The molecule has 0 atom stereocenters. The van der Waals surface area contributed by atoms with Gasteiger partial charge in [-0.1, -0.05) is 39.0 Å². The zero-order chi connectivity index (χ0) is 18.8. The molecular formula is C20H25NO3S. The standard InChI is InChI=1S/C20H25NO3S/c1-7-24-18(22)16-15(14-9-8-12(2)13(3)10-14)11-25-17(16)21-19(23)20(4,5)6/h8-11H,7H2,1-6H3,(H,21,23). The second-order valence-corrected chi connectivity index (χ2v) is 7.96. The number of esters is 1. The summed E-state index contributed by atoms with van der Waals surface area (Å²) >= 11 is 1.35. The molecule has 1 heterocycles. The lowest BCUT2D eigenvalue weighted by Gasteiger charge is -2.17. The molecule has 0 aliphatic heterocycles.